The van der Waals surface area contributed by atoms with E-state index in [4.69, 9.17) is 5.73 Å². The minimum atomic E-state index is 0.387. The predicted molar refractivity (Wildman–Crippen MR) is 79.5 cm³/mol. The molecular weight excluding hydrogens is 218 g/mol. The SMILES string of the molecule is CCCCC1CCC(C(N)C2=CCCCC2)CC1. The molecule has 2 aliphatic rings. The van der Waals surface area contributed by atoms with Crippen molar-refractivity contribution in [1.29, 1.82) is 0 Å². The number of hydrogen-bond donors (Lipinski definition) is 1. The molecule has 0 spiro atoms. The first-order chi connectivity index (χ1) is 8.81. The maximum absolute atomic E-state index is 6.50. The largest absolute Gasteiger partial charge is 0.324 e. The molecule has 0 radical (unpaired) electrons. The summed E-state index contributed by atoms with van der Waals surface area (Å²) in [6.45, 7) is 2.30. The molecule has 1 saturated carbocycles. The Morgan fingerprint density at radius 2 is 2.00 bits per heavy atom. The number of hydrogen-bond acceptors (Lipinski definition) is 1. The Labute approximate surface area is 113 Å². The zero-order chi connectivity index (χ0) is 12.8. The fourth-order valence-electron chi connectivity index (χ4n) is 3.80. The Hall–Kier alpha value is -0.300. The van der Waals surface area contributed by atoms with Crippen molar-refractivity contribution in [1.82, 2.24) is 0 Å². The van der Waals surface area contributed by atoms with E-state index in [1.54, 1.807) is 5.57 Å². The average Bonchev–Trinajstić information content (AvgIpc) is 2.46. The second-order valence-corrected chi connectivity index (χ2v) is 6.47. The van der Waals surface area contributed by atoms with Crippen molar-refractivity contribution >= 4 is 0 Å². The van der Waals surface area contributed by atoms with Crippen LogP contribution < -0.4 is 5.73 Å². The third-order valence-electron chi connectivity index (χ3n) is 5.12. The number of nitrogens with two attached hydrogens (primary N) is 1. The second kappa shape index (κ2) is 7.33. The zero-order valence-electron chi connectivity index (χ0n) is 12.2. The molecule has 0 bridgehead atoms. The van der Waals surface area contributed by atoms with Gasteiger partial charge in [0.25, 0.3) is 0 Å². The van der Waals surface area contributed by atoms with Crippen LogP contribution in [0.15, 0.2) is 11.6 Å². The van der Waals surface area contributed by atoms with E-state index >= 15 is 0 Å². The molecule has 1 nitrogen and oxygen atoms in total. The molecule has 1 heteroatoms. The van der Waals surface area contributed by atoms with Crippen molar-refractivity contribution in [2.45, 2.75) is 83.6 Å². The summed E-state index contributed by atoms with van der Waals surface area (Å²) in [5, 5.41) is 0. The van der Waals surface area contributed by atoms with Crippen LogP contribution in [0.1, 0.15) is 77.6 Å². The van der Waals surface area contributed by atoms with Gasteiger partial charge in [-0.25, -0.2) is 0 Å². The molecule has 104 valence electrons. The lowest BCUT2D eigenvalue weighted by molar-refractivity contribution is 0.240. The molecule has 0 saturated heterocycles. The van der Waals surface area contributed by atoms with E-state index in [2.05, 4.69) is 13.0 Å². The molecule has 1 atom stereocenters. The van der Waals surface area contributed by atoms with Crippen LogP contribution in [0.2, 0.25) is 0 Å². The summed E-state index contributed by atoms with van der Waals surface area (Å²) < 4.78 is 0. The van der Waals surface area contributed by atoms with Crippen LogP contribution in [-0.4, -0.2) is 6.04 Å². The fraction of sp³-hybridized carbons (Fsp3) is 0.882. The summed E-state index contributed by atoms with van der Waals surface area (Å²) in [7, 11) is 0. The first-order valence-electron chi connectivity index (χ1n) is 8.25. The van der Waals surface area contributed by atoms with Gasteiger partial charge < -0.3 is 5.73 Å². The molecule has 0 aromatic carbocycles. The molecular formula is C17H31N. The summed E-state index contributed by atoms with van der Waals surface area (Å²) in [4.78, 5) is 0. The molecule has 0 aromatic heterocycles. The summed E-state index contributed by atoms with van der Waals surface area (Å²) in [6, 6.07) is 0.387. The zero-order valence-corrected chi connectivity index (χ0v) is 12.2. The van der Waals surface area contributed by atoms with Crippen LogP contribution in [0.25, 0.3) is 0 Å². The van der Waals surface area contributed by atoms with E-state index in [1.165, 1.54) is 70.6 Å². The van der Waals surface area contributed by atoms with E-state index in [-0.39, 0.29) is 0 Å². The first-order valence-corrected chi connectivity index (χ1v) is 8.25. The van der Waals surface area contributed by atoms with Gasteiger partial charge in [-0.15, -0.1) is 0 Å². The van der Waals surface area contributed by atoms with Crippen LogP contribution in [0, 0.1) is 11.8 Å². The van der Waals surface area contributed by atoms with Crippen molar-refractivity contribution < 1.29 is 0 Å². The van der Waals surface area contributed by atoms with Gasteiger partial charge in [-0.1, -0.05) is 50.7 Å². The molecule has 2 aliphatic carbocycles. The highest BCUT2D eigenvalue weighted by Gasteiger charge is 2.27. The van der Waals surface area contributed by atoms with E-state index in [1.807, 2.05) is 0 Å². The number of unbranched alkanes of at least 4 members (excludes halogenated alkanes) is 1. The van der Waals surface area contributed by atoms with Gasteiger partial charge in [-0.3, -0.25) is 0 Å². The first kappa shape index (κ1) is 14.1. The molecule has 0 aromatic rings. The van der Waals surface area contributed by atoms with Crippen molar-refractivity contribution in [2.24, 2.45) is 17.6 Å². The summed E-state index contributed by atoms with van der Waals surface area (Å²) in [5.74, 6) is 1.79. The van der Waals surface area contributed by atoms with Crippen LogP contribution in [-0.2, 0) is 0 Å². The minimum Gasteiger partial charge on any atom is -0.324 e. The smallest absolute Gasteiger partial charge is 0.0282 e. The maximum atomic E-state index is 6.50. The van der Waals surface area contributed by atoms with Crippen LogP contribution in [0.4, 0.5) is 0 Å². The van der Waals surface area contributed by atoms with Gasteiger partial charge in [0.2, 0.25) is 0 Å². The Balaban J connectivity index is 1.76. The number of rotatable bonds is 5. The summed E-state index contributed by atoms with van der Waals surface area (Å²) in [5.41, 5.74) is 8.08. The highest BCUT2D eigenvalue weighted by atomic mass is 14.7. The third-order valence-corrected chi connectivity index (χ3v) is 5.12. The molecule has 2 rings (SSSR count). The minimum absolute atomic E-state index is 0.387. The monoisotopic (exact) mass is 249 g/mol. The van der Waals surface area contributed by atoms with Crippen molar-refractivity contribution in [3.05, 3.63) is 11.6 Å². The van der Waals surface area contributed by atoms with E-state index in [0.717, 1.165) is 11.8 Å². The lowest BCUT2D eigenvalue weighted by Crippen LogP contribution is -2.35. The fourth-order valence-corrected chi connectivity index (χ4v) is 3.80. The molecule has 0 amide bonds. The quantitative estimate of drug-likeness (QED) is 0.695. The average molecular weight is 249 g/mol. The second-order valence-electron chi connectivity index (χ2n) is 6.47. The van der Waals surface area contributed by atoms with Gasteiger partial charge in [0.05, 0.1) is 0 Å². The van der Waals surface area contributed by atoms with E-state index in [0.29, 0.717) is 6.04 Å². The molecule has 0 heterocycles. The van der Waals surface area contributed by atoms with Gasteiger partial charge in [-0.2, -0.15) is 0 Å². The highest BCUT2D eigenvalue weighted by molar-refractivity contribution is 5.14. The maximum Gasteiger partial charge on any atom is 0.0282 e. The van der Waals surface area contributed by atoms with Crippen LogP contribution in [0.3, 0.4) is 0 Å². The standard InChI is InChI=1S/C17H31N/c1-2-3-7-14-10-12-16(13-11-14)17(18)15-8-5-4-6-9-15/h8,14,16-17H,2-7,9-13,18H2,1H3. The molecule has 0 aliphatic heterocycles. The normalized spacial score (nSPS) is 30.9. The van der Waals surface area contributed by atoms with E-state index < -0.39 is 0 Å². The molecule has 1 unspecified atom stereocenters. The van der Waals surface area contributed by atoms with Crippen LogP contribution in [0.5, 0.6) is 0 Å². The van der Waals surface area contributed by atoms with Gasteiger partial charge in [-0.05, 0) is 50.4 Å². The summed E-state index contributed by atoms with van der Waals surface area (Å²) >= 11 is 0. The lowest BCUT2D eigenvalue weighted by Gasteiger charge is -2.34. The molecule has 2 N–H and O–H groups in total. The van der Waals surface area contributed by atoms with Gasteiger partial charge in [0.1, 0.15) is 0 Å². The van der Waals surface area contributed by atoms with Crippen molar-refractivity contribution in [3.8, 4) is 0 Å². The Morgan fingerprint density at radius 3 is 2.61 bits per heavy atom. The Kier molecular flexibility index (Phi) is 5.75. The lowest BCUT2D eigenvalue weighted by atomic mass is 9.74. The van der Waals surface area contributed by atoms with E-state index in [9.17, 15) is 0 Å². The third kappa shape index (κ3) is 3.85. The Morgan fingerprint density at radius 1 is 1.22 bits per heavy atom. The van der Waals surface area contributed by atoms with Gasteiger partial charge in [0, 0.05) is 6.04 Å². The van der Waals surface area contributed by atoms with Crippen LogP contribution >= 0.6 is 0 Å². The van der Waals surface area contributed by atoms with Crippen molar-refractivity contribution in [3.63, 3.8) is 0 Å². The summed E-state index contributed by atoms with van der Waals surface area (Å²) in [6.07, 6.45) is 17.6. The number of allylic oxidation sites excluding steroid dienone is 1. The van der Waals surface area contributed by atoms with Crippen molar-refractivity contribution in [2.75, 3.05) is 0 Å². The molecule has 1 fully saturated rings. The van der Waals surface area contributed by atoms with Gasteiger partial charge >= 0.3 is 0 Å². The highest BCUT2D eigenvalue weighted by Crippen LogP contribution is 2.36. The molecule has 18 heavy (non-hydrogen) atoms. The topological polar surface area (TPSA) is 26.0 Å². The predicted octanol–water partition coefficient (Wildman–Crippen LogP) is 4.81. The Bertz CT molecular complexity index is 261. The van der Waals surface area contributed by atoms with Gasteiger partial charge in [0.15, 0.2) is 0 Å².